The Kier molecular flexibility index (Phi) is 4.33. The lowest BCUT2D eigenvalue weighted by Crippen LogP contribution is -2.44. The van der Waals surface area contributed by atoms with Gasteiger partial charge in [-0.05, 0) is 37.8 Å². The number of nitrogens with one attached hydrogen (secondary N) is 1. The normalized spacial score (nSPS) is 23.1. The third kappa shape index (κ3) is 3.56. The second-order valence-corrected chi connectivity index (χ2v) is 6.75. The molecule has 1 aliphatic carbocycles. The molecule has 3 rings (SSSR count). The van der Waals surface area contributed by atoms with Gasteiger partial charge in [-0.25, -0.2) is 0 Å². The van der Waals surface area contributed by atoms with E-state index in [1.807, 2.05) is 5.38 Å². The molecule has 1 aromatic rings. The predicted molar refractivity (Wildman–Crippen MR) is 80.0 cm³/mol. The minimum absolute atomic E-state index is 0.256. The highest BCUT2D eigenvalue weighted by molar-refractivity contribution is 7.13. The molecule has 6 heteroatoms. The Balaban J connectivity index is 1.59. The van der Waals surface area contributed by atoms with Crippen LogP contribution in [0.2, 0.25) is 0 Å². The number of thiophene rings is 1. The number of hydrogen-bond donors (Lipinski definition) is 1. The van der Waals surface area contributed by atoms with Crippen molar-refractivity contribution >= 4 is 16.3 Å². The van der Waals surface area contributed by atoms with E-state index in [1.54, 1.807) is 6.07 Å². The average Bonchev–Trinajstić information content (AvgIpc) is 3.19. The van der Waals surface area contributed by atoms with Crippen LogP contribution in [0.1, 0.15) is 37.7 Å². The standard InChI is InChI=1S/C14H21N3O2S/c18-17(19)14-7-11(10-20-14)8-16(13-4-5-13)9-12-3-1-2-6-15-12/h7,10,12-13,15H,1-6,8-9H2. The summed E-state index contributed by atoms with van der Waals surface area (Å²) >= 11 is 1.24. The number of nitrogens with zero attached hydrogens (tertiary/aromatic N) is 2. The van der Waals surface area contributed by atoms with Gasteiger partial charge in [-0.2, -0.15) is 0 Å². The van der Waals surface area contributed by atoms with Gasteiger partial charge in [0.2, 0.25) is 0 Å². The molecule has 2 fully saturated rings. The molecule has 1 aliphatic heterocycles. The molecular weight excluding hydrogens is 274 g/mol. The molecule has 1 aromatic heterocycles. The SMILES string of the molecule is O=[N+]([O-])c1cc(CN(CC2CCCCN2)C2CC2)cs1. The van der Waals surface area contributed by atoms with Crippen molar-refractivity contribution in [2.45, 2.75) is 50.7 Å². The maximum absolute atomic E-state index is 10.8. The monoisotopic (exact) mass is 295 g/mol. The first-order valence-electron chi connectivity index (χ1n) is 7.41. The number of piperidine rings is 1. The van der Waals surface area contributed by atoms with Crippen molar-refractivity contribution in [1.82, 2.24) is 10.2 Å². The highest BCUT2D eigenvalue weighted by Crippen LogP contribution is 2.31. The van der Waals surface area contributed by atoms with Crippen LogP contribution in [0, 0.1) is 10.1 Å². The summed E-state index contributed by atoms with van der Waals surface area (Å²) < 4.78 is 0. The topological polar surface area (TPSA) is 58.4 Å². The summed E-state index contributed by atoms with van der Waals surface area (Å²) in [6.07, 6.45) is 6.42. The lowest BCUT2D eigenvalue weighted by atomic mass is 10.0. The fourth-order valence-electron chi connectivity index (χ4n) is 2.92. The fraction of sp³-hybridized carbons (Fsp3) is 0.714. The van der Waals surface area contributed by atoms with Gasteiger partial charge >= 0.3 is 5.00 Å². The molecule has 0 aromatic carbocycles. The molecule has 1 saturated carbocycles. The fourth-order valence-corrected chi connectivity index (χ4v) is 3.64. The zero-order valence-electron chi connectivity index (χ0n) is 11.6. The van der Waals surface area contributed by atoms with Crippen LogP contribution in [0.4, 0.5) is 5.00 Å². The van der Waals surface area contributed by atoms with Gasteiger partial charge < -0.3 is 5.32 Å². The van der Waals surface area contributed by atoms with Gasteiger partial charge in [0.05, 0.1) is 4.92 Å². The lowest BCUT2D eigenvalue weighted by Gasteiger charge is -2.30. The van der Waals surface area contributed by atoms with Crippen LogP contribution in [0.3, 0.4) is 0 Å². The Labute approximate surface area is 123 Å². The summed E-state index contributed by atoms with van der Waals surface area (Å²) in [5.41, 5.74) is 1.09. The second kappa shape index (κ2) is 6.20. The van der Waals surface area contributed by atoms with E-state index in [2.05, 4.69) is 10.2 Å². The maximum Gasteiger partial charge on any atom is 0.324 e. The van der Waals surface area contributed by atoms with Crippen molar-refractivity contribution in [3.05, 3.63) is 27.1 Å². The number of hydrogen-bond acceptors (Lipinski definition) is 5. The molecule has 1 atom stereocenters. The van der Waals surface area contributed by atoms with Gasteiger partial charge in [-0.1, -0.05) is 17.8 Å². The minimum atomic E-state index is -0.293. The van der Waals surface area contributed by atoms with E-state index < -0.39 is 0 Å². The van der Waals surface area contributed by atoms with E-state index in [1.165, 1.54) is 43.4 Å². The highest BCUT2D eigenvalue weighted by atomic mass is 32.1. The molecule has 5 nitrogen and oxygen atoms in total. The van der Waals surface area contributed by atoms with Crippen LogP contribution in [0.25, 0.3) is 0 Å². The van der Waals surface area contributed by atoms with Gasteiger partial charge in [-0.15, -0.1) is 0 Å². The third-order valence-electron chi connectivity index (χ3n) is 4.14. The summed E-state index contributed by atoms with van der Waals surface area (Å²) in [7, 11) is 0. The van der Waals surface area contributed by atoms with E-state index in [0.717, 1.165) is 25.2 Å². The Morgan fingerprint density at radius 2 is 2.25 bits per heavy atom. The van der Waals surface area contributed by atoms with Crippen molar-refractivity contribution in [2.24, 2.45) is 0 Å². The van der Waals surface area contributed by atoms with Crippen LogP contribution in [0.5, 0.6) is 0 Å². The van der Waals surface area contributed by atoms with E-state index in [-0.39, 0.29) is 9.92 Å². The van der Waals surface area contributed by atoms with Crippen molar-refractivity contribution in [1.29, 1.82) is 0 Å². The second-order valence-electron chi connectivity index (χ2n) is 5.86. The molecule has 1 unspecified atom stereocenters. The zero-order valence-corrected chi connectivity index (χ0v) is 12.4. The van der Waals surface area contributed by atoms with E-state index in [4.69, 9.17) is 0 Å². The molecule has 0 amide bonds. The van der Waals surface area contributed by atoms with Gasteiger partial charge in [0, 0.05) is 36.6 Å². The smallest absolute Gasteiger partial charge is 0.313 e. The molecule has 110 valence electrons. The Morgan fingerprint density at radius 1 is 1.40 bits per heavy atom. The van der Waals surface area contributed by atoms with Crippen LogP contribution in [0.15, 0.2) is 11.4 Å². The molecule has 2 heterocycles. The minimum Gasteiger partial charge on any atom is -0.313 e. The van der Waals surface area contributed by atoms with Gasteiger partial charge in [-0.3, -0.25) is 15.0 Å². The van der Waals surface area contributed by atoms with Crippen molar-refractivity contribution in [3.8, 4) is 0 Å². The van der Waals surface area contributed by atoms with Crippen LogP contribution in [-0.2, 0) is 6.54 Å². The number of rotatable bonds is 6. The molecule has 20 heavy (non-hydrogen) atoms. The van der Waals surface area contributed by atoms with Crippen molar-refractivity contribution < 1.29 is 4.92 Å². The Hall–Kier alpha value is -0.980. The van der Waals surface area contributed by atoms with Crippen LogP contribution in [-0.4, -0.2) is 35.0 Å². The third-order valence-corrected chi connectivity index (χ3v) is 5.07. The van der Waals surface area contributed by atoms with Gasteiger partial charge in [0.1, 0.15) is 0 Å². The molecule has 1 N–H and O–H groups in total. The molecule has 0 bridgehead atoms. The molecule has 0 spiro atoms. The van der Waals surface area contributed by atoms with E-state index in [9.17, 15) is 10.1 Å². The van der Waals surface area contributed by atoms with Gasteiger partial charge in [0.15, 0.2) is 0 Å². The number of nitro groups is 1. The summed E-state index contributed by atoms with van der Waals surface area (Å²) in [6.45, 7) is 3.06. The Morgan fingerprint density at radius 3 is 2.85 bits per heavy atom. The van der Waals surface area contributed by atoms with Crippen molar-refractivity contribution in [2.75, 3.05) is 13.1 Å². The molecule has 0 radical (unpaired) electrons. The first kappa shape index (κ1) is 14.0. The molecular formula is C14H21N3O2S. The first-order valence-corrected chi connectivity index (χ1v) is 8.29. The lowest BCUT2D eigenvalue weighted by molar-refractivity contribution is -0.380. The molecule has 2 aliphatic rings. The van der Waals surface area contributed by atoms with E-state index >= 15 is 0 Å². The summed E-state index contributed by atoms with van der Waals surface area (Å²) in [4.78, 5) is 13.0. The molecule has 1 saturated heterocycles. The Bertz CT molecular complexity index is 467. The largest absolute Gasteiger partial charge is 0.324 e. The summed E-state index contributed by atoms with van der Waals surface area (Å²) in [6, 6.07) is 3.02. The highest BCUT2D eigenvalue weighted by Gasteiger charge is 2.31. The van der Waals surface area contributed by atoms with E-state index in [0.29, 0.717) is 12.1 Å². The first-order chi connectivity index (χ1) is 9.72. The maximum atomic E-state index is 10.8. The summed E-state index contributed by atoms with van der Waals surface area (Å²) in [5.74, 6) is 0. The van der Waals surface area contributed by atoms with Crippen LogP contribution >= 0.6 is 11.3 Å². The predicted octanol–water partition coefficient (Wildman–Crippen LogP) is 2.76. The average molecular weight is 295 g/mol. The van der Waals surface area contributed by atoms with Gasteiger partial charge in [0.25, 0.3) is 0 Å². The summed E-state index contributed by atoms with van der Waals surface area (Å²) in [5, 5.41) is 16.5. The van der Waals surface area contributed by atoms with Crippen molar-refractivity contribution in [3.63, 3.8) is 0 Å². The van der Waals surface area contributed by atoms with Crippen LogP contribution < -0.4 is 5.32 Å². The quantitative estimate of drug-likeness (QED) is 0.647. The zero-order chi connectivity index (χ0) is 13.9.